The van der Waals surface area contributed by atoms with E-state index in [0.717, 1.165) is 0 Å². The molecule has 2 amide bonds. The standard InChI is InChI=1S/C14H25F3N2O2/c1-9(2)12(6-7-20)19-13(21)18-11-5-3-4-10(8-11)14(15,16)17/h9-12,20H,3-8H2,1-2H3,(H2,18,19,21). The summed E-state index contributed by atoms with van der Waals surface area (Å²) >= 11 is 0. The molecule has 1 fully saturated rings. The van der Waals surface area contributed by atoms with Gasteiger partial charge in [0.1, 0.15) is 0 Å². The number of carbonyl (C=O) groups excluding carboxylic acids is 1. The number of halogens is 3. The summed E-state index contributed by atoms with van der Waals surface area (Å²) in [5.41, 5.74) is 0. The largest absolute Gasteiger partial charge is 0.396 e. The number of nitrogens with one attached hydrogen (secondary N) is 2. The molecule has 0 aromatic carbocycles. The summed E-state index contributed by atoms with van der Waals surface area (Å²) < 4.78 is 38.1. The first-order valence-electron chi connectivity index (χ1n) is 7.48. The zero-order valence-electron chi connectivity index (χ0n) is 12.5. The molecule has 1 aliphatic carbocycles. The lowest BCUT2D eigenvalue weighted by Crippen LogP contribution is -2.50. The van der Waals surface area contributed by atoms with Crippen molar-refractivity contribution in [1.29, 1.82) is 0 Å². The van der Waals surface area contributed by atoms with Crippen LogP contribution >= 0.6 is 0 Å². The molecule has 0 bridgehead atoms. The van der Waals surface area contributed by atoms with E-state index < -0.39 is 24.2 Å². The number of aliphatic hydroxyl groups is 1. The third-order valence-corrected chi connectivity index (χ3v) is 4.03. The lowest BCUT2D eigenvalue weighted by Gasteiger charge is -2.31. The van der Waals surface area contributed by atoms with Gasteiger partial charge in [-0.1, -0.05) is 20.3 Å². The lowest BCUT2D eigenvalue weighted by atomic mass is 9.85. The maximum atomic E-state index is 12.7. The maximum Gasteiger partial charge on any atom is 0.391 e. The van der Waals surface area contributed by atoms with Gasteiger partial charge < -0.3 is 15.7 Å². The zero-order chi connectivity index (χ0) is 16.0. The highest BCUT2D eigenvalue weighted by Crippen LogP contribution is 2.37. The first-order chi connectivity index (χ1) is 9.74. The van der Waals surface area contributed by atoms with Gasteiger partial charge in [-0.15, -0.1) is 0 Å². The van der Waals surface area contributed by atoms with Crippen molar-refractivity contribution in [2.24, 2.45) is 11.8 Å². The van der Waals surface area contributed by atoms with Gasteiger partial charge in [-0.05, 0) is 31.6 Å². The quantitative estimate of drug-likeness (QED) is 0.731. The van der Waals surface area contributed by atoms with Crippen molar-refractivity contribution in [3.63, 3.8) is 0 Å². The molecule has 1 saturated carbocycles. The Morgan fingerprint density at radius 3 is 2.52 bits per heavy atom. The van der Waals surface area contributed by atoms with E-state index in [1.807, 2.05) is 13.8 Å². The van der Waals surface area contributed by atoms with Crippen molar-refractivity contribution in [2.45, 2.75) is 64.2 Å². The van der Waals surface area contributed by atoms with E-state index in [1.165, 1.54) is 0 Å². The number of aliphatic hydroxyl groups excluding tert-OH is 1. The average Bonchev–Trinajstić information content (AvgIpc) is 2.37. The van der Waals surface area contributed by atoms with Crippen LogP contribution in [0.25, 0.3) is 0 Å². The van der Waals surface area contributed by atoms with Crippen LogP contribution in [0.2, 0.25) is 0 Å². The van der Waals surface area contributed by atoms with Crippen LogP contribution in [0.1, 0.15) is 46.0 Å². The summed E-state index contributed by atoms with van der Waals surface area (Å²) in [6, 6.07) is -1.07. The Hall–Kier alpha value is -0.980. The number of amides is 2. The van der Waals surface area contributed by atoms with Crippen molar-refractivity contribution in [3.8, 4) is 0 Å². The Balaban J connectivity index is 2.46. The molecule has 4 nitrogen and oxygen atoms in total. The molecule has 1 aliphatic rings. The Morgan fingerprint density at radius 1 is 1.33 bits per heavy atom. The summed E-state index contributed by atoms with van der Waals surface area (Å²) in [5.74, 6) is -1.17. The average molecular weight is 310 g/mol. The summed E-state index contributed by atoms with van der Waals surface area (Å²) in [4.78, 5) is 11.9. The van der Waals surface area contributed by atoms with Gasteiger partial charge in [0.2, 0.25) is 0 Å². The minimum atomic E-state index is -4.19. The summed E-state index contributed by atoms with van der Waals surface area (Å²) in [7, 11) is 0. The molecule has 3 atom stereocenters. The molecule has 124 valence electrons. The molecule has 0 heterocycles. The van der Waals surface area contributed by atoms with Crippen LogP contribution in [-0.2, 0) is 0 Å². The fraction of sp³-hybridized carbons (Fsp3) is 0.929. The maximum absolute atomic E-state index is 12.7. The Kier molecular flexibility index (Phi) is 6.77. The van der Waals surface area contributed by atoms with Gasteiger partial charge in [0.15, 0.2) is 0 Å². The fourth-order valence-electron chi connectivity index (χ4n) is 2.72. The minimum Gasteiger partial charge on any atom is -0.396 e. The van der Waals surface area contributed by atoms with E-state index in [4.69, 9.17) is 5.11 Å². The van der Waals surface area contributed by atoms with E-state index in [2.05, 4.69) is 10.6 Å². The van der Waals surface area contributed by atoms with Crippen molar-refractivity contribution in [3.05, 3.63) is 0 Å². The Labute approximate surface area is 123 Å². The molecule has 0 aromatic rings. The number of urea groups is 1. The summed E-state index contributed by atoms with van der Waals surface area (Å²) in [6.07, 6.45) is -2.62. The van der Waals surface area contributed by atoms with Gasteiger partial charge in [0, 0.05) is 18.7 Å². The minimum absolute atomic E-state index is 0.0390. The van der Waals surface area contributed by atoms with Crippen molar-refractivity contribution in [2.75, 3.05) is 6.61 Å². The highest BCUT2D eigenvalue weighted by atomic mass is 19.4. The zero-order valence-corrected chi connectivity index (χ0v) is 12.5. The van der Waals surface area contributed by atoms with Gasteiger partial charge in [0.05, 0.1) is 5.92 Å². The van der Waals surface area contributed by atoms with Crippen LogP contribution in [0.15, 0.2) is 0 Å². The molecule has 0 radical (unpaired) electrons. The lowest BCUT2D eigenvalue weighted by molar-refractivity contribution is -0.183. The van der Waals surface area contributed by atoms with Gasteiger partial charge in [-0.25, -0.2) is 4.79 Å². The normalized spacial score (nSPS) is 24.7. The van der Waals surface area contributed by atoms with Crippen molar-refractivity contribution >= 4 is 6.03 Å². The highest BCUT2D eigenvalue weighted by Gasteiger charge is 2.42. The van der Waals surface area contributed by atoms with Gasteiger partial charge in [-0.2, -0.15) is 13.2 Å². The second kappa shape index (κ2) is 7.87. The molecule has 3 unspecified atom stereocenters. The number of rotatable bonds is 5. The SMILES string of the molecule is CC(C)C(CCO)NC(=O)NC1CCCC(C(F)(F)F)C1. The van der Waals surface area contributed by atoms with E-state index in [1.54, 1.807) is 0 Å². The van der Waals surface area contributed by atoms with E-state index in [0.29, 0.717) is 19.3 Å². The van der Waals surface area contributed by atoms with E-state index >= 15 is 0 Å². The molecular weight excluding hydrogens is 285 g/mol. The molecule has 1 rings (SSSR count). The van der Waals surface area contributed by atoms with Crippen LogP contribution in [0.5, 0.6) is 0 Å². The van der Waals surface area contributed by atoms with Crippen LogP contribution in [0.4, 0.5) is 18.0 Å². The summed E-state index contributed by atoms with van der Waals surface area (Å²) in [5, 5.41) is 14.3. The molecule has 3 N–H and O–H groups in total. The molecule has 0 spiro atoms. The molecule has 7 heteroatoms. The Morgan fingerprint density at radius 2 is 2.00 bits per heavy atom. The van der Waals surface area contributed by atoms with E-state index in [9.17, 15) is 18.0 Å². The number of hydrogen-bond acceptors (Lipinski definition) is 2. The van der Waals surface area contributed by atoms with Crippen molar-refractivity contribution < 1.29 is 23.1 Å². The second-order valence-electron chi connectivity index (χ2n) is 6.08. The van der Waals surface area contributed by atoms with Crippen LogP contribution in [0.3, 0.4) is 0 Å². The first-order valence-corrected chi connectivity index (χ1v) is 7.48. The second-order valence-corrected chi connectivity index (χ2v) is 6.08. The van der Waals surface area contributed by atoms with Crippen LogP contribution in [0, 0.1) is 11.8 Å². The number of hydrogen-bond donors (Lipinski definition) is 3. The third-order valence-electron chi connectivity index (χ3n) is 4.03. The topological polar surface area (TPSA) is 61.4 Å². The fourth-order valence-corrected chi connectivity index (χ4v) is 2.72. The molecule has 21 heavy (non-hydrogen) atoms. The van der Waals surface area contributed by atoms with Crippen LogP contribution in [-0.4, -0.2) is 36.0 Å². The van der Waals surface area contributed by atoms with Gasteiger partial charge in [0.25, 0.3) is 0 Å². The first kappa shape index (κ1) is 18.1. The predicted molar refractivity (Wildman–Crippen MR) is 73.8 cm³/mol. The van der Waals surface area contributed by atoms with Gasteiger partial charge in [-0.3, -0.25) is 0 Å². The third kappa shape index (κ3) is 6.11. The molecular formula is C14H25F3N2O2. The smallest absolute Gasteiger partial charge is 0.391 e. The molecule has 0 saturated heterocycles. The monoisotopic (exact) mass is 310 g/mol. The van der Waals surface area contributed by atoms with E-state index in [-0.39, 0.29) is 31.4 Å². The predicted octanol–water partition coefficient (Wildman–Crippen LogP) is 2.81. The van der Waals surface area contributed by atoms with Gasteiger partial charge >= 0.3 is 12.2 Å². The van der Waals surface area contributed by atoms with Crippen LogP contribution < -0.4 is 10.6 Å². The number of carbonyl (C=O) groups is 1. The Bertz CT molecular complexity index is 335. The molecule has 0 aliphatic heterocycles. The highest BCUT2D eigenvalue weighted by molar-refractivity contribution is 5.74. The van der Waals surface area contributed by atoms with Crippen molar-refractivity contribution in [1.82, 2.24) is 10.6 Å². The number of alkyl halides is 3. The molecule has 0 aromatic heterocycles. The summed E-state index contributed by atoms with van der Waals surface area (Å²) in [6.45, 7) is 3.80.